The fraction of sp³-hybridized carbons (Fsp3) is 0.538. The van der Waals surface area contributed by atoms with Crippen LogP contribution in [0.3, 0.4) is 0 Å². The van der Waals surface area contributed by atoms with Crippen LogP contribution in [0.2, 0.25) is 5.02 Å². The predicted octanol–water partition coefficient (Wildman–Crippen LogP) is 4.46. The molecule has 0 spiro atoms. The van der Waals surface area contributed by atoms with Gasteiger partial charge >= 0.3 is 0 Å². The summed E-state index contributed by atoms with van der Waals surface area (Å²) in [7, 11) is 0. The van der Waals surface area contributed by atoms with E-state index in [9.17, 15) is 0 Å². The summed E-state index contributed by atoms with van der Waals surface area (Å²) in [5.74, 6) is 0.784. The molecule has 0 bridgehead atoms. The Balaban J connectivity index is 2.51. The Morgan fingerprint density at radius 2 is 1.93 bits per heavy atom. The first-order valence-electron chi connectivity index (χ1n) is 5.27. The van der Waals surface area contributed by atoms with E-state index in [0.717, 1.165) is 17.7 Å². The lowest BCUT2D eigenvalue weighted by atomic mass is 9.93. The van der Waals surface area contributed by atoms with Crippen LogP contribution >= 0.6 is 11.6 Å². The number of aryl methyl sites for hydroxylation is 1. The van der Waals surface area contributed by atoms with Gasteiger partial charge in [-0.1, -0.05) is 38.4 Å². The molecule has 0 aromatic heterocycles. The molecule has 0 heterocycles. The molecule has 1 nitrogen and oxygen atoms in total. The molecule has 1 aromatic carbocycles. The first kappa shape index (κ1) is 12.4. The molecule has 0 saturated heterocycles. The highest BCUT2D eigenvalue weighted by Gasteiger charge is 2.10. The van der Waals surface area contributed by atoms with E-state index in [4.69, 9.17) is 16.3 Å². The molecular formula is C13H19ClO. The molecule has 1 aromatic rings. The molecule has 0 unspecified atom stereocenters. The smallest absolute Gasteiger partial charge is 0.137 e. The first-order chi connectivity index (χ1) is 6.88. The van der Waals surface area contributed by atoms with Gasteiger partial charge in [-0.05, 0) is 36.5 Å². The molecule has 1 rings (SSSR count). The quantitative estimate of drug-likeness (QED) is 0.739. The normalized spacial score (nSPS) is 11.5. The van der Waals surface area contributed by atoms with Gasteiger partial charge in [0.05, 0.1) is 11.6 Å². The van der Waals surface area contributed by atoms with Crippen molar-refractivity contribution in [3.63, 3.8) is 0 Å². The van der Waals surface area contributed by atoms with Crippen LogP contribution in [0.5, 0.6) is 5.75 Å². The van der Waals surface area contributed by atoms with Crippen LogP contribution in [0.4, 0.5) is 0 Å². The zero-order chi connectivity index (χ0) is 11.5. The van der Waals surface area contributed by atoms with Crippen molar-refractivity contribution in [3.05, 3.63) is 28.8 Å². The fourth-order valence-electron chi connectivity index (χ4n) is 1.19. The molecule has 0 aliphatic heterocycles. The Labute approximate surface area is 97.4 Å². The van der Waals surface area contributed by atoms with Crippen LogP contribution in [0, 0.1) is 12.3 Å². The van der Waals surface area contributed by atoms with Gasteiger partial charge in [0, 0.05) is 0 Å². The summed E-state index contributed by atoms with van der Waals surface area (Å²) in [6.07, 6.45) is 1.03. The van der Waals surface area contributed by atoms with E-state index in [1.165, 1.54) is 0 Å². The third-order valence-corrected chi connectivity index (χ3v) is 2.49. The molecule has 84 valence electrons. The Bertz CT molecular complexity index is 326. The van der Waals surface area contributed by atoms with E-state index in [0.29, 0.717) is 17.0 Å². The van der Waals surface area contributed by atoms with E-state index in [-0.39, 0.29) is 0 Å². The average molecular weight is 227 g/mol. The van der Waals surface area contributed by atoms with E-state index >= 15 is 0 Å². The molecule has 0 aliphatic carbocycles. The van der Waals surface area contributed by atoms with Crippen LogP contribution in [-0.4, -0.2) is 6.61 Å². The van der Waals surface area contributed by atoms with Gasteiger partial charge in [0.15, 0.2) is 0 Å². The van der Waals surface area contributed by atoms with Gasteiger partial charge in [0.1, 0.15) is 5.75 Å². The first-order valence-corrected chi connectivity index (χ1v) is 5.65. The molecular weight excluding hydrogens is 208 g/mol. The minimum Gasteiger partial charge on any atom is -0.492 e. The molecule has 0 saturated carbocycles. The van der Waals surface area contributed by atoms with Crippen LogP contribution in [0.1, 0.15) is 32.8 Å². The zero-order valence-electron chi connectivity index (χ0n) is 9.93. The zero-order valence-corrected chi connectivity index (χ0v) is 10.7. The molecule has 0 amide bonds. The maximum Gasteiger partial charge on any atom is 0.137 e. The van der Waals surface area contributed by atoms with Gasteiger partial charge in [-0.15, -0.1) is 0 Å². The monoisotopic (exact) mass is 226 g/mol. The molecule has 0 atom stereocenters. The van der Waals surface area contributed by atoms with Crippen LogP contribution in [0.25, 0.3) is 0 Å². The van der Waals surface area contributed by atoms with Crippen molar-refractivity contribution in [2.45, 2.75) is 34.1 Å². The summed E-state index contributed by atoms with van der Waals surface area (Å²) in [5, 5.41) is 0.698. The minimum atomic E-state index is 0.303. The number of hydrogen-bond acceptors (Lipinski definition) is 1. The molecule has 0 radical (unpaired) electrons. The highest BCUT2D eigenvalue weighted by molar-refractivity contribution is 6.32. The fourth-order valence-corrected chi connectivity index (χ4v) is 1.48. The molecule has 0 N–H and O–H groups in total. The topological polar surface area (TPSA) is 9.23 Å². The SMILES string of the molecule is Cc1ccc(OCCC(C)(C)C)c(Cl)c1. The lowest BCUT2D eigenvalue weighted by molar-refractivity contribution is 0.243. The maximum absolute atomic E-state index is 6.05. The second kappa shape index (κ2) is 4.89. The van der Waals surface area contributed by atoms with E-state index < -0.39 is 0 Å². The molecule has 0 aliphatic rings. The number of halogens is 1. The second-order valence-corrected chi connectivity index (χ2v) is 5.50. The number of hydrogen-bond donors (Lipinski definition) is 0. The highest BCUT2D eigenvalue weighted by atomic mass is 35.5. The molecule has 15 heavy (non-hydrogen) atoms. The van der Waals surface area contributed by atoms with Crippen LogP contribution in [0.15, 0.2) is 18.2 Å². The lowest BCUT2D eigenvalue weighted by Crippen LogP contribution is -2.11. The third-order valence-electron chi connectivity index (χ3n) is 2.20. The van der Waals surface area contributed by atoms with Gasteiger partial charge in [-0.25, -0.2) is 0 Å². The average Bonchev–Trinajstić information content (AvgIpc) is 2.07. The second-order valence-electron chi connectivity index (χ2n) is 5.09. The number of ether oxygens (including phenoxy) is 1. The largest absolute Gasteiger partial charge is 0.492 e. The summed E-state index contributed by atoms with van der Waals surface area (Å²) >= 11 is 6.05. The summed E-state index contributed by atoms with van der Waals surface area (Å²) in [6.45, 7) is 9.34. The Morgan fingerprint density at radius 1 is 1.27 bits per heavy atom. The maximum atomic E-state index is 6.05. The van der Waals surface area contributed by atoms with Crippen molar-refractivity contribution in [2.75, 3.05) is 6.61 Å². The van der Waals surface area contributed by atoms with Crippen molar-refractivity contribution in [3.8, 4) is 5.75 Å². The van der Waals surface area contributed by atoms with E-state index in [1.807, 2.05) is 25.1 Å². The number of rotatable bonds is 3. The van der Waals surface area contributed by atoms with E-state index in [1.54, 1.807) is 0 Å². The summed E-state index contributed by atoms with van der Waals surface area (Å²) in [5.41, 5.74) is 1.46. The van der Waals surface area contributed by atoms with Gasteiger partial charge in [-0.2, -0.15) is 0 Å². The Kier molecular flexibility index (Phi) is 4.04. The third kappa shape index (κ3) is 4.57. The van der Waals surface area contributed by atoms with Crippen LogP contribution < -0.4 is 4.74 Å². The summed E-state index contributed by atoms with van der Waals surface area (Å²) in [6, 6.07) is 5.87. The van der Waals surface area contributed by atoms with Gasteiger partial charge in [0.25, 0.3) is 0 Å². The standard InChI is InChI=1S/C13H19ClO/c1-10-5-6-12(11(14)9-10)15-8-7-13(2,3)4/h5-6,9H,7-8H2,1-4H3. The highest BCUT2D eigenvalue weighted by Crippen LogP contribution is 2.26. The number of benzene rings is 1. The summed E-state index contributed by atoms with van der Waals surface area (Å²) in [4.78, 5) is 0. The van der Waals surface area contributed by atoms with Crippen LogP contribution in [-0.2, 0) is 0 Å². The molecule has 2 heteroatoms. The van der Waals surface area contributed by atoms with Crippen molar-refractivity contribution >= 4 is 11.6 Å². The minimum absolute atomic E-state index is 0.303. The van der Waals surface area contributed by atoms with Gasteiger partial charge in [0.2, 0.25) is 0 Å². The van der Waals surface area contributed by atoms with Gasteiger partial charge < -0.3 is 4.74 Å². The Morgan fingerprint density at radius 3 is 2.47 bits per heavy atom. The predicted molar refractivity (Wildman–Crippen MR) is 65.8 cm³/mol. The van der Waals surface area contributed by atoms with Crippen molar-refractivity contribution in [2.24, 2.45) is 5.41 Å². The lowest BCUT2D eigenvalue weighted by Gasteiger charge is -2.18. The summed E-state index contributed by atoms with van der Waals surface area (Å²) < 4.78 is 5.64. The Hall–Kier alpha value is -0.690. The molecule has 0 fully saturated rings. The van der Waals surface area contributed by atoms with Crippen molar-refractivity contribution in [1.29, 1.82) is 0 Å². The van der Waals surface area contributed by atoms with E-state index in [2.05, 4.69) is 20.8 Å². The van der Waals surface area contributed by atoms with Gasteiger partial charge in [-0.3, -0.25) is 0 Å². The van der Waals surface area contributed by atoms with Crippen molar-refractivity contribution in [1.82, 2.24) is 0 Å². The van der Waals surface area contributed by atoms with Crippen molar-refractivity contribution < 1.29 is 4.74 Å².